The quantitative estimate of drug-likeness (QED) is 0.434. The Morgan fingerprint density at radius 2 is 1.39 bits per heavy atom. The fourth-order valence-corrected chi connectivity index (χ4v) is 3.77. The Kier molecular flexibility index (Phi) is 5.72. The van der Waals surface area contributed by atoms with Crippen molar-refractivity contribution in [1.82, 2.24) is 9.78 Å². The maximum Gasteiger partial charge on any atom is 0.246 e. The van der Waals surface area contributed by atoms with E-state index in [0.717, 1.165) is 39.3 Å². The first kappa shape index (κ1) is 20.6. The van der Waals surface area contributed by atoms with Gasteiger partial charge in [0.05, 0.1) is 11.4 Å². The zero-order chi connectivity index (χ0) is 22.0. The second-order valence-electron chi connectivity index (χ2n) is 8.08. The largest absolute Gasteiger partial charge is 0.324 e. The van der Waals surface area contributed by atoms with E-state index in [1.807, 2.05) is 35.9 Å². The molecule has 0 bridgehead atoms. The van der Waals surface area contributed by atoms with Crippen molar-refractivity contribution in [2.75, 3.05) is 5.32 Å². The molecule has 1 N–H and O–H groups in total. The molecule has 0 aliphatic heterocycles. The van der Waals surface area contributed by atoms with Crippen LogP contribution >= 0.6 is 0 Å². The maximum atomic E-state index is 12.9. The number of rotatable bonds is 5. The molecule has 4 rings (SSSR count). The Balaban J connectivity index is 1.73. The number of carbonyl (C=O) groups excluding carboxylic acids is 1. The Labute approximate surface area is 183 Å². The molecular formula is C27H27N3O. The van der Waals surface area contributed by atoms with Crippen LogP contribution in [0.15, 0.2) is 72.8 Å². The number of para-hydroxylation sites is 1. The van der Waals surface area contributed by atoms with Crippen LogP contribution in [0.1, 0.15) is 22.3 Å². The van der Waals surface area contributed by atoms with Crippen molar-refractivity contribution in [1.29, 1.82) is 0 Å². The third-order valence-electron chi connectivity index (χ3n) is 5.55. The highest BCUT2D eigenvalue weighted by molar-refractivity contribution is 5.91. The van der Waals surface area contributed by atoms with Crippen LogP contribution in [0, 0.1) is 27.7 Å². The van der Waals surface area contributed by atoms with Crippen molar-refractivity contribution in [3.63, 3.8) is 0 Å². The summed E-state index contributed by atoms with van der Waals surface area (Å²) in [5, 5.41) is 7.89. The lowest BCUT2D eigenvalue weighted by molar-refractivity contribution is -0.116. The molecule has 0 spiro atoms. The highest BCUT2D eigenvalue weighted by Crippen LogP contribution is 2.32. The highest BCUT2D eigenvalue weighted by Gasteiger charge is 2.19. The lowest BCUT2D eigenvalue weighted by atomic mass is 10.0. The molecule has 156 valence electrons. The van der Waals surface area contributed by atoms with Crippen LogP contribution in [0.4, 0.5) is 5.69 Å². The number of anilines is 1. The van der Waals surface area contributed by atoms with E-state index >= 15 is 0 Å². The van der Waals surface area contributed by atoms with Crippen LogP contribution < -0.4 is 5.32 Å². The number of benzene rings is 3. The van der Waals surface area contributed by atoms with E-state index in [-0.39, 0.29) is 12.5 Å². The smallest absolute Gasteiger partial charge is 0.246 e. The molecule has 4 nitrogen and oxygen atoms in total. The van der Waals surface area contributed by atoms with Gasteiger partial charge in [0.15, 0.2) is 0 Å². The van der Waals surface area contributed by atoms with Gasteiger partial charge in [0.1, 0.15) is 6.54 Å². The van der Waals surface area contributed by atoms with Gasteiger partial charge in [0.25, 0.3) is 0 Å². The number of aromatic nitrogens is 2. The molecule has 0 aliphatic rings. The lowest BCUT2D eigenvalue weighted by Gasteiger charge is -2.11. The lowest BCUT2D eigenvalue weighted by Crippen LogP contribution is -2.20. The minimum atomic E-state index is -0.0967. The molecule has 0 saturated heterocycles. The Morgan fingerprint density at radius 1 is 0.806 bits per heavy atom. The summed E-state index contributed by atoms with van der Waals surface area (Å²) in [6, 6.07) is 24.5. The molecule has 4 heteroatoms. The van der Waals surface area contributed by atoms with E-state index < -0.39 is 0 Å². The van der Waals surface area contributed by atoms with Gasteiger partial charge < -0.3 is 5.32 Å². The number of carbonyl (C=O) groups is 1. The van der Waals surface area contributed by atoms with E-state index in [0.29, 0.717) is 0 Å². The van der Waals surface area contributed by atoms with Crippen LogP contribution in [-0.4, -0.2) is 15.7 Å². The van der Waals surface area contributed by atoms with Gasteiger partial charge >= 0.3 is 0 Å². The van der Waals surface area contributed by atoms with Crippen LogP contribution in [0.25, 0.3) is 22.5 Å². The summed E-state index contributed by atoms with van der Waals surface area (Å²) in [6.07, 6.45) is 0. The average Bonchev–Trinajstić information content (AvgIpc) is 3.06. The predicted octanol–water partition coefficient (Wildman–Crippen LogP) is 6.09. The average molecular weight is 410 g/mol. The molecule has 1 amide bonds. The molecule has 0 unspecified atom stereocenters. The van der Waals surface area contributed by atoms with E-state index in [9.17, 15) is 4.79 Å². The third kappa shape index (κ3) is 4.43. The van der Waals surface area contributed by atoms with Crippen LogP contribution in [0.5, 0.6) is 0 Å². The zero-order valence-corrected chi connectivity index (χ0v) is 18.4. The Hall–Kier alpha value is -3.66. The van der Waals surface area contributed by atoms with Gasteiger partial charge in [-0.25, -0.2) is 0 Å². The second kappa shape index (κ2) is 8.60. The number of aryl methyl sites for hydroxylation is 3. The van der Waals surface area contributed by atoms with Crippen molar-refractivity contribution in [2.24, 2.45) is 0 Å². The van der Waals surface area contributed by atoms with Gasteiger partial charge in [-0.05, 0) is 39.3 Å². The summed E-state index contributed by atoms with van der Waals surface area (Å²) in [5.41, 5.74) is 9.30. The van der Waals surface area contributed by atoms with Gasteiger partial charge in [-0.15, -0.1) is 0 Å². The Bertz CT molecular complexity index is 1220. The van der Waals surface area contributed by atoms with Crippen molar-refractivity contribution in [3.8, 4) is 22.5 Å². The minimum absolute atomic E-state index is 0.0967. The summed E-state index contributed by atoms with van der Waals surface area (Å²) in [5.74, 6) is -0.0967. The monoisotopic (exact) mass is 409 g/mol. The number of nitrogens with one attached hydrogen (secondary N) is 1. The van der Waals surface area contributed by atoms with Gasteiger partial charge in [-0.1, -0.05) is 77.9 Å². The Morgan fingerprint density at radius 3 is 2.00 bits per heavy atom. The highest BCUT2D eigenvalue weighted by atomic mass is 16.2. The summed E-state index contributed by atoms with van der Waals surface area (Å²) in [6.45, 7) is 8.35. The van der Waals surface area contributed by atoms with Crippen LogP contribution in [-0.2, 0) is 11.3 Å². The molecule has 31 heavy (non-hydrogen) atoms. The number of hydrogen-bond donors (Lipinski definition) is 1. The first-order valence-corrected chi connectivity index (χ1v) is 10.5. The molecule has 1 aromatic heterocycles. The number of hydrogen-bond acceptors (Lipinski definition) is 2. The molecule has 4 aromatic rings. The zero-order valence-electron chi connectivity index (χ0n) is 18.4. The van der Waals surface area contributed by atoms with Gasteiger partial charge in [0.2, 0.25) is 5.91 Å². The molecule has 0 atom stereocenters. The summed E-state index contributed by atoms with van der Waals surface area (Å²) in [7, 11) is 0. The first-order valence-electron chi connectivity index (χ1n) is 10.5. The molecule has 0 aliphatic carbocycles. The summed E-state index contributed by atoms with van der Waals surface area (Å²) >= 11 is 0. The van der Waals surface area contributed by atoms with Crippen molar-refractivity contribution in [3.05, 3.63) is 95.1 Å². The molecule has 1 heterocycles. The van der Waals surface area contributed by atoms with E-state index in [2.05, 4.69) is 74.6 Å². The normalized spacial score (nSPS) is 10.8. The van der Waals surface area contributed by atoms with Crippen molar-refractivity contribution in [2.45, 2.75) is 34.2 Å². The van der Waals surface area contributed by atoms with Crippen molar-refractivity contribution >= 4 is 11.6 Å². The van der Waals surface area contributed by atoms with Gasteiger partial charge in [-0.2, -0.15) is 5.10 Å². The fraction of sp³-hybridized carbons (Fsp3) is 0.185. The van der Waals surface area contributed by atoms with Crippen LogP contribution in [0.3, 0.4) is 0 Å². The second-order valence-corrected chi connectivity index (χ2v) is 8.08. The minimum Gasteiger partial charge on any atom is -0.324 e. The third-order valence-corrected chi connectivity index (χ3v) is 5.55. The van der Waals surface area contributed by atoms with E-state index in [1.165, 1.54) is 11.1 Å². The molecule has 0 radical (unpaired) electrons. The fourth-order valence-electron chi connectivity index (χ4n) is 3.77. The topological polar surface area (TPSA) is 46.9 Å². The standard InChI is InChI=1S/C27H27N3O/c1-18-9-13-22(14-10-18)26-21(4)27(23-15-11-19(2)12-16-23)30(29-26)17-25(31)28-24-8-6-5-7-20(24)3/h5-16H,17H2,1-4H3,(H,28,31). The van der Waals surface area contributed by atoms with Gasteiger partial charge in [0, 0.05) is 22.4 Å². The van der Waals surface area contributed by atoms with Crippen molar-refractivity contribution < 1.29 is 4.79 Å². The SMILES string of the molecule is Cc1ccc(-c2nn(CC(=O)Nc3ccccc3C)c(-c3ccc(C)cc3)c2C)cc1. The van der Waals surface area contributed by atoms with E-state index in [1.54, 1.807) is 0 Å². The molecular weight excluding hydrogens is 382 g/mol. The number of nitrogens with zero attached hydrogens (tertiary/aromatic N) is 2. The number of amides is 1. The summed E-state index contributed by atoms with van der Waals surface area (Å²) in [4.78, 5) is 12.9. The maximum absolute atomic E-state index is 12.9. The van der Waals surface area contributed by atoms with E-state index in [4.69, 9.17) is 5.10 Å². The van der Waals surface area contributed by atoms with Crippen LogP contribution in [0.2, 0.25) is 0 Å². The first-order chi connectivity index (χ1) is 14.9. The van der Waals surface area contributed by atoms with Gasteiger partial charge in [-0.3, -0.25) is 9.48 Å². The summed E-state index contributed by atoms with van der Waals surface area (Å²) < 4.78 is 1.82. The predicted molar refractivity (Wildman–Crippen MR) is 127 cm³/mol. The molecule has 0 fully saturated rings. The molecule has 3 aromatic carbocycles. The molecule has 0 saturated carbocycles.